The van der Waals surface area contributed by atoms with Crippen molar-refractivity contribution in [1.29, 1.82) is 0 Å². The van der Waals surface area contributed by atoms with Crippen LogP contribution in [0.5, 0.6) is 0 Å². The summed E-state index contributed by atoms with van der Waals surface area (Å²) in [6.07, 6.45) is 3.25. The summed E-state index contributed by atoms with van der Waals surface area (Å²) in [7, 11) is 0. The average molecular weight is 575 g/mol. The molecule has 1 aromatic rings. The summed E-state index contributed by atoms with van der Waals surface area (Å²) in [5, 5.41) is 18.0. The van der Waals surface area contributed by atoms with E-state index in [1.807, 2.05) is 0 Å². The highest BCUT2D eigenvalue weighted by Crippen LogP contribution is 2.14. The Labute approximate surface area is 214 Å². The molecule has 0 unspecified atom stereocenters. The van der Waals surface area contributed by atoms with Crippen molar-refractivity contribution in [2.24, 2.45) is 4.99 Å². The van der Waals surface area contributed by atoms with Gasteiger partial charge in [0, 0.05) is 56.9 Å². The molecule has 0 amide bonds. The molecule has 9 nitrogen and oxygen atoms in total. The standard InChI is InChI=1S/C23H38N6O3.HI/c1-19(2)28-12-8-21(9-13-28)26-23(24-10-3-11-27-14-16-32-17-15-27)25-18-20-4-6-22(7-5-20)29(30)31;/h4-7,19,21H,3,8-18H2,1-2H3,(H2,24,25,26);1H. The Kier molecular flexibility index (Phi) is 12.4. The molecule has 33 heavy (non-hydrogen) atoms. The first kappa shape index (κ1) is 27.7. The number of benzene rings is 1. The monoisotopic (exact) mass is 574 g/mol. The molecule has 2 N–H and O–H groups in total. The van der Waals surface area contributed by atoms with Gasteiger partial charge in [0.1, 0.15) is 0 Å². The van der Waals surface area contributed by atoms with Crippen LogP contribution in [-0.4, -0.2) is 85.2 Å². The molecule has 1 aromatic carbocycles. The highest BCUT2D eigenvalue weighted by Gasteiger charge is 2.21. The van der Waals surface area contributed by atoms with Crippen molar-refractivity contribution in [3.05, 3.63) is 39.9 Å². The molecule has 2 aliphatic rings. The summed E-state index contributed by atoms with van der Waals surface area (Å²) < 4.78 is 5.42. The van der Waals surface area contributed by atoms with Crippen LogP contribution < -0.4 is 10.6 Å². The summed E-state index contributed by atoms with van der Waals surface area (Å²) in [4.78, 5) is 20.2. The van der Waals surface area contributed by atoms with Gasteiger partial charge < -0.3 is 20.3 Å². The lowest BCUT2D eigenvalue weighted by molar-refractivity contribution is -0.384. The first-order valence-corrected chi connectivity index (χ1v) is 11.8. The zero-order valence-corrected chi connectivity index (χ0v) is 22.2. The predicted molar refractivity (Wildman–Crippen MR) is 142 cm³/mol. The van der Waals surface area contributed by atoms with Crippen LogP contribution in [0.25, 0.3) is 0 Å². The van der Waals surface area contributed by atoms with Crippen molar-refractivity contribution in [2.75, 3.05) is 52.5 Å². The molecule has 0 radical (unpaired) electrons. The second-order valence-electron chi connectivity index (χ2n) is 8.87. The Balaban J connectivity index is 0.00000385. The number of aliphatic imine (C=N–C) groups is 1. The van der Waals surface area contributed by atoms with Gasteiger partial charge in [-0.2, -0.15) is 0 Å². The van der Waals surface area contributed by atoms with E-state index in [9.17, 15) is 10.1 Å². The van der Waals surface area contributed by atoms with Gasteiger partial charge >= 0.3 is 0 Å². The first-order chi connectivity index (χ1) is 15.5. The van der Waals surface area contributed by atoms with Gasteiger partial charge in [0.25, 0.3) is 5.69 Å². The van der Waals surface area contributed by atoms with Gasteiger partial charge in [-0.1, -0.05) is 12.1 Å². The lowest BCUT2D eigenvalue weighted by Crippen LogP contribution is -2.50. The second-order valence-corrected chi connectivity index (χ2v) is 8.87. The number of nitrogens with one attached hydrogen (secondary N) is 2. The highest BCUT2D eigenvalue weighted by molar-refractivity contribution is 14.0. The number of nitrogens with zero attached hydrogens (tertiary/aromatic N) is 4. The van der Waals surface area contributed by atoms with E-state index in [2.05, 4.69) is 34.3 Å². The molecular weight excluding hydrogens is 535 g/mol. The van der Waals surface area contributed by atoms with Crippen molar-refractivity contribution < 1.29 is 9.66 Å². The van der Waals surface area contributed by atoms with Gasteiger partial charge in [-0.25, -0.2) is 4.99 Å². The van der Waals surface area contributed by atoms with Crippen LogP contribution in [0.15, 0.2) is 29.3 Å². The topological polar surface area (TPSA) is 95.3 Å². The number of nitro benzene ring substituents is 1. The Bertz CT molecular complexity index is 732. The zero-order chi connectivity index (χ0) is 22.8. The minimum Gasteiger partial charge on any atom is -0.379 e. The van der Waals surface area contributed by atoms with Crippen molar-refractivity contribution in [1.82, 2.24) is 20.4 Å². The molecule has 2 fully saturated rings. The number of nitro groups is 1. The van der Waals surface area contributed by atoms with Gasteiger partial charge in [-0.05, 0) is 45.2 Å². The van der Waals surface area contributed by atoms with E-state index in [4.69, 9.17) is 9.73 Å². The third kappa shape index (κ3) is 9.71. The Morgan fingerprint density at radius 3 is 2.45 bits per heavy atom. The molecule has 0 atom stereocenters. The fraction of sp³-hybridized carbons (Fsp3) is 0.696. The van der Waals surface area contributed by atoms with Crippen LogP contribution in [-0.2, 0) is 11.3 Å². The number of hydrogen-bond acceptors (Lipinski definition) is 6. The van der Waals surface area contributed by atoms with E-state index in [0.717, 1.165) is 83.3 Å². The van der Waals surface area contributed by atoms with Crippen LogP contribution >= 0.6 is 24.0 Å². The lowest BCUT2D eigenvalue weighted by Gasteiger charge is -2.35. The quantitative estimate of drug-likeness (QED) is 0.117. The Hall–Kier alpha value is -1.50. The smallest absolute Gasteiger partial charge is 0.269 e. The molecule has 186 valence electrons. The number of non-ortho nitro benzene ring substituents is 1. The van der Waals surface area contributed by atoms with Crippen LogP contribution in [0.1, 0.15) is 38.7 Å². The maximum absolute atomic E-state index is 10.9. The van der Waals surface area contributed by atoms with Gasteiger partial charge in [0.2, 0.25) is 0 Å². The van der Waals surface area contributed by atoms with Gasteiger partial charge in [-0.3, -0.25) is 15.0 Å². The molecular formula is C23H39IN6O3. The molecule has 10 heteroatoms. The normalized spacial score (nSPS) is 18.7. The van der Waals surface area contributed by atoms with Crippen molar-refractivity contribution in [3.8, 4) is 0 Å². The van der Waals surface area contributed by atoms with Gasteiger partial charge in [-0.15, -0.1) is 24.0 Å². The molecule has 0 saturated carbocycles. The molecule has 0 bridgehead atoms. The SMILES string of the molecule is CC(C)N1CCC(NC(=NCc2ccc([N+](=O)[O-])cc2)NCCCN2CCOCC2)CC1.I. The van der Waals surface area contributed by atoms with Crippen molar-refractivity contribution >= 4 is 35.6 Å². The number of hydrogen-bond donors (Lipinski definition) is 2. The number of guanidine groups is 1. The summed E-state index contributed by atoms with van der Waals surface area (Å²) in [6, 6.07) is 7.62. The zero-order valence-electron chi connectivity index (χ0n) is 19.9. The Morgan fingerprint density at radius 2 is 1.85 bits per heavy atom. The molecule has 0 spiro atoms. The summed E-state index contributed by atoms with van der Waals surface area (Å²) in [5.74, 6) is 0.827. The van der Waals surface area contributed by atoms with Crippen molar-refractivity contribution in [3.63, 3.8) is 0 Å². The summed E-state index contributed by atoms with van der Waals surface area (Å²) in [5.41, 5.74) is 1.06. The van der Waals surface area contributed by atoms with E-state index in [1.165, 1.54) is 12.1 Å². The molecule has 2 heterocycles. The third-order valence-corrected chi connectivity index (χ3v) is 6.21. The van der Waals surface area contributed by atoms with Gasteiger partial charge in [0.15, 0.2) is 5.96 Å². The highest BCUT2D eigenvalue weighted by atomic mass is 127. The maximum Gasteiger partial charge on any atom is 0.269 e. The maximum atomic E-state index is 10.9. The van der Waals surface area contributed by atoms with Crippen LogP contribution in [0.4, 0.5) is 5.69 Å². The minimum atomic E-state index is -0.375. The second kappa shape index (κ2) is 14.7. The predicted octanol–water partition coefficient (Wildman–Crippen LogP) is 2.84. The minimum absolute atomic E-state index is 0. The summed E-state index contributed by atoms with van der Waals surface area (Å²) in [6.45, 7) is 12.8. The number of ether oxygens (including phenoxy) is 1. The number of piperidine rings is 1. The lowest BCUT2D eigenvalue weighted by atomic mass is 10.0. The molecule has 2 aliphatic heterocycles. The van der Waals surface area contributed by atoms with E-state index in [1.54, 1.807) is 12.1 Å². The molecule has 2 saturated heterocycles. The number of morpholine rings is 1. The van der Waals surface area contributed by atoms with Gasteiger partial charge in [0.05, 0.1) is 24.7 Å². The Morgan fingerprint density at radius 1 is 1.18 bits per heavy atom. The fourth-order valence-corrected chi connectivity index (χ4v) is 4.13. The molecule has 3 rings (SSSR count). The molecule has 0 aliphatic carbocycles. The van der Waals surface area contributed by atoms with E-state index >= 15 is 0 Å². The van der Waals surface area contributed by atoms with Crippen molar-refractivity contribution in [2.45, 2.75) is 51.7 Å². The van der Waals surface area contributed by atoms with E-state index in [0.29, 0.717) is 18.6 Å². The van der Waals surface area contributed by atoms with Crippen LogP contribution in [0.2, 0.25) is 0 Å². The largest absolute Gasteiger partial charge is 0.379 e. The van der Waals surface area contributed by atoms with Crippen LogP contribution in [0.3, 0.4) is 0 Å². The van der Waals surface area contributed by atoms with Crippen LogP contribution in [0, 0.1) is 10.1 Å². The van der Waals surface area contributed by atoms with E-state index in [-0.39, 0.29) is 34.6 Å². The summed E-state index contributed by atoms with van der Waals surface area (Å²) >= 11 is 0. The number of rotatable bonds is 9. The fourth-order valence-electron chi connectivity index (χ4n) is 4.13. The third-order valence-electron chi connectivity index (χ3n) is 6.21. The molecule has 0 aromatic heterocycles. The average Bonchev–Trinajstić information content (AvgIpc) is 2.81. The number of likely N-dealkylation sites (tertiary alicyclic amines) is 1. The number of halogens is 1. The van der Waals surface area contributed by atoms with E-state index < -0.39 is 0 Å². The first-order valence-electron chi connectivity index (χ1n) is 11.8.